The normalized spacial score (nSPS) is 18.7. The molecular formula is C13H14N4O2. The Labute approximate surface area is 110 Å². The zero-order valence-electron chi connectivity index (χ0n) is 10.4. The second kappa shape index (κ2) is 5.48. The molecule has 1 atom stereocenters. The third-order valence-electron chi connectivity index (χ3n) is 3.20. The van der Waals surface area contributed by atoms with Crippen molar-refractivity contribution in [2.75, 3.05) is 6.54 Å². The third-order valence-corrected chi connectivity index (χ3v) is 3.20. The molecule has 0 bridgehead atoms. The molecule has 2 amide bonds. The Hall–Kier alpha value is -2.42. The monoisotopic (exact) mass is 258 g/mol. The molecule has 0 spiro atoms. The highest BCUT2D eigenvalue weighted by Gasteiger charge is 2.31. The lowest BCUT2D eigenvalue weighted by Gasteiger charge is -2.33. The van der Waals surface area contributed by atoms with Gasteiger partial charge in [0.25, 0.3) is 5.91 Å². The maximum Gasteiger partial charge on any atom is 0.273 e. The van der Waals surface area contributed by atoms with Crippen molar-refractivity contribution < 1.29 is 9.59 Å². The maximum absolute atomic E-state index is 12.3. The molecule has 6 heteroatoms. The molecular weight excluding hydrogens is 244 g/mol. The van der Waals surface area contributed by atoms with E-state index in [9.17, 15) is 9.59 Å². The first-order valence-electron chi connectivity index (χ1n) is 6.10. The molecule has 98 valence electrons. The fraction of sp³-hybridized carbons (Fsp3) is 0.385. The van der Waals surface area contributed by atoms with Crippen LogP contribution in [0, 0.1) is 11.3 Å². The summed E-state index contributed by atoms with van der Waals surface area (Å²) in [6.07, 6.45) is 3.68. The van der Waals surface area contributed by atoms with Crippen LogP contribution in [-0.4, -0.2) is 34.3 Å². The number of nitrogens with zero attached hydrogens (tertiary/aromatic N) is 3. The van der Waals surface area contributed by atoms with Crippen molar-refractivity contribution in [1.82, 2.24) is 9.88 Å². The van der Waals surface area contributed by atoms with Crippen molar-refractivity contribution in [3.63, 3.8) is 0 Å². The number of amides is 2. The van der Waals surface area contributed by atoms with Gasteiger partial charge in [0.05, 0.1) is 5.56 Å². The van der Waals surface area contributed by atoms with Gasteiger partial charge in [-0.1, -0.05) is 0 Å². The summed E-state index contributed by atoms with van der Waals surface area (Å²) < 4.78 is 0. The molecule has 1 unspecified atom stereocenters. The summed E-state index contributed by atoms with van der Waals surface area (Å²) >= 11 is 0. The Bertz CT molecular complexity index is 533. The summed E-state index contributed by atoms with van der Waals surface area (Å²) in [5, 5.41) is 8.68. The Kier molecular flexibility index (Phi) is 3.76. The standard InChI is InChI=1S/C13H14N4O2/c14-7-9-4-5-10(16-8-9)13(19)17-6-2-1-3-11(17)12(15)18/h4-5,8,11H,1-3,6H2,(H2,15,18). The molecule has 1 aliphatic rings. The molecule has 2 heterocycles. The van der Waals surface area contributed by atoms with Crippen LogP contribution in [0.1, 0.15) is 35.3 Å². The second-order valence-corrected chi connectivity index (χ2v) is 4.46. The molecule has 1 aliphatic heterocycles. The predicted octanol–water partition coefficient (Wildman–Crippen LogP) is 0.433. The number of pyridine rings is 1. The van der Waals surface area contributed by atoms with Crippen LogP contribution in [0.25, 0.3) is 0 Å². The van der Waals surface area contributed by atoms with Gasteiger partial charge >= 0.3 is 0 Å². The molecule has 0 saturated carbocycles. The number of rotatable bonds is 2. The molecule has 1 aromatic heterocycles. The highest BCUT2D eigenvalue weighted by atomic mass is 16.2. The first-order chi connectivity index (χ1) is 9.13. The van der Waals surface area contributed by atoms with Crippen LogP contribution in [0.2, 0.25) is 0 Å². The van der Waals surface area contributed by atoms with Crippen molar-refractivity contribution in [3.8, 4) is 6.07 Å². The van der Waals surface area contributed by atoms with Crippen molar-refractivity contribution >= 4 is 11.8 Å². The number of carbonyl (C=O) groups excluding carboxylic acids is 2. The van der Waals surface area contributed by atoms with Gasteiger partial charge in [-0.25, -0.2) is 4.98 Å². The Morgan fingerprint density at radius 2 is 2.21 bits per heavy atom. The van der Waals surface area contributed by atoms with E-state index in [2.05, 4.69) is 4.98 Å². The van der Waals surface area contributed by atoms with E-state index < -0.39 is 11.9 Å². The Morgan fingerprint density at radius 1 is 1.42 bits per heavy atom. The van der Waals surface area contributed by atoms with Gasteiger partial charge in [-0.05, 0) is 31.4 Å². The summed E-state index contributed by atoms with van der Waals surface area (Å²) in [6, 6.07) is 4.41. The van der Waals surface area contributed by atoms with E-state index >= 15 is 0 Å². The van der Waals surface area contributed by atoms with E-state index in [-0.39, 0.29) is 11.6 Å². The highest BCUT2D eigenvalue weighted by molar-refractivity contribution is 5.96. The summed E-state index contributed by atoms with van der Waals surface area (Å²) in [6.45, 7) is 0.508. The average molecular weight is 258 g/mol. The number of likely N-dealkylation sites (tertiary alicyclic amines) is 1. The minimum Gasteiger partial charge on any atom is -0.368 e. The predicted molar refractivity (Wildman–Crippen MR) is 66.8 cm³/mol. The van der Waals surface area contributed by atoms with Gasteiger partial charge in [-0.15, -0.1) is 0 Å². The van der Waals surface area contributed by atoms with E-state index in [4.69, 9.17) is 11.0 Å². The van der Waals surface area contributed by atoms with Crippen LogP contribution in [0.3, 0.4) is 0 Å². The fourth-order valence-corrected chi connectivity index (χ4v) is 2.20. The zero-order valence-corrected chi connectivity index (χ0v) is 10.4. The minimum absolute atomic E-state index is 0.229. The van der Waals surface area contributed by atoms with Crippen LogP contribution < -0.4 is 5.73 Å². The Morgan fingerprint density at radius 3 is 2.79 bits per heavy atom. The van der Waals surface area contributed by atoms with Crippen LogP contribution >= 0.6 is 0 Å². The number of piperidine rings is 1. The molecule has 19 heavy (non-hydrogen) atoms. The molecule has 1 saturated heterocycles. The smallest absolute Gasteiger partial charge is 0.273 e. The van der Waals surface area contributed by atoms with Crippen LogP contribution in [0.15, 0.2) is 18.3 Å². The molecule has 0 aliphatic carbocycles. The summed E-state index contributed by atoms with van der Waals surface area (Å²) in [4.78, 5) is 29.1. The van der Waals surface area contributed by atoms with Gasteiger partial charge in [0.2, 0.25) is 5.91 Å². The third kappa shape index (κ3) is 2.71. The van der Waals surface area contributed by atoms with Crippen LogP contribution in [-0.2, 0) is 4.79 Å². The van der Waals surface area contributed by atoms with Crippen molar-refractivity contribution in [3.05, 3.63) is 29.6 Å². The van der Waals surface area contributed by atoms with Crippen molar-refractivity contribution in [2.45, 2.75) is 25.3 Å². The number of hydrogen-bond acceptors (Lipinski definition) is 4. The molecule has 2 N–H and O–H groups in total. The lowest BCUT2D eigenvalue weighted by Crippen LogP contribution is -2.50. The lowest BCUT2D eigenvalue weighted by molar-refractivity contribution is -0.123. The van der Waals surface area contributed by atoms with E-state index in [1.54, 1.807) is 0 Å². The van der Waals surface area contributed by atoms with Gasteiger partial charge in [-0.3, -0.25) is 9.59 Å². The number of aromatic nitrogens is 1. The first kappa shape index (κ1) is 13.0. The maximum atomic E-state index is 12.3. The number of hydrogen-bond donors (Lipinski definition) is 1. The molecule has 6 nitrogen and oxygen atoms in total. The number of primary amides is 1. The first-order valence-corrected chi connectivity index (χ1v) is 6.10. The Balaban J connectivity index is 2.21. The second-order valence-electron chi connectivity index (χ2n) is 4.46. The number of nitrogens with two attached hydrogens (primary N) is 1. The van der Waals surface area contributed by atoms with E-state index in [0.29, 0.717) is 18.5 Å². The van der Waals surface area contributed by atoms with E-state index in [1.165, 1.54) is 23.2 Å². The van der Waals surface area contributed by atoms with Gasteiger partial charge in [0.1, 0.15) is 17.8 Å². The zero-order chi connectivity index (χ0) is 13.8. The van der Waals surface area contributed by atoms with Crippen molar-refractivity contribution in [2.24, 2.45) is 5.73 Å². The van der Waals surface area contributed by atoms with Gasteiger partial charge in [0, 0.05) is 12.7 Å². The SMILES string of the molecule is N#Cc1ccc(C(=O)N2CCCCC2C(N)=O)nc1. The summed E-state index contributed by atoms with van der Waals surface area (Å²) in [7, 11) is 0. The molecule has 1 aromatic rings. The largest absolute Gasteiger partial charge is 0.368 e. The highest BCUT2D eigenvalue weighted by Crippen LogP contribution is 2.19. The molecule has 0 aromatic carbocycles. The van der Waals surface area contributed by atoms with Crippen molar-refractivity contribution in [1.29, 1.82) is 5.26 Å². The molecule has 1 fully saturated rings. The minimum atomic E-state index is -0.557. The van der Waals surface area contributed by atoms with Gasteiger partial charge < -0.3 is 10.6 Å². The van der Waals surface area contributed by atoms with E-state index in [1.807, 2.05) is 6.07 Å². The van der Waals surface area contributed by atoms with Gasteiger partial charge in [-0.2, -0.15) is 5.26 Å². The quantitative estimate of drug-likeness (QED) is 0.831. The summed E-state index contributed by atoms with van der Waals surface area (Å²) in [5.41, 5.74) is 5.94. The van der Waals surface area contributed by atoms with E-state index in [0.717, 1.165) is 12.8 Å². The number of nitriles is 1. The summed E-state index contributed by atoms with van der Waals surface area (Å²) in [5.74, 6) is -0.797. The topological polar surface area (TPSA) is 100 Å². The molecule has 2 rings (SSSR count). The fourth-order valence-electron chi connectivity index (χ4n) is 2.20. The van der Waals surface area contributed by atoms with Crippen LogP contribution in [0.5, 0.6) is 0 Å². The van der Waals surface area contributed by atoms with Gasteiger partial charge in [0.15, 0.2) is 0 Å². The number of carbonyl (C=O) groups is 2. The van der Waals surface area contributed by atoms with Crippen LogP contribution in [0.4, 0.5) is 0 Å². The average Bonchev–Trinajstić information content (AvgIpc) is 2.46. The molecule has 0 radical (unpaired) electrons. The lowest BCUT2D eigenvalue weighted by atomic mass is 10.0.